The molecule has 0 radical (unpaired) electrons. The van der Waals surface area contributed by atoms with Gasteiger partial charge in [0, 0.05) is 17.4 Å². The topological polar surface area (TPSA) is 123 Å². The predicted molar refractivity (Wildman–Crippen MR) is 129 cm³/mol. The van der Waals surface area contributed by atoms with Crippen LogP contribution in [0.25, 0.3) is 10.2 Å². The molecule has 0 unspecified atom stereocenters. The lowest BCUT2D eigenvalue weighted by Crippen LogP contribution is -2.12. The lowest BCUT2D eigenvalue weighted by molar-refractivity contribution is 0.598. The van der Waals surface area contributed by atoms with Crippen molar-refractivity contribution in [3.8, 4) is 0 Å². The fourth-order valence-electron chi connectivity index (χ4n) is 3.19. The van der Waals surface area contributed by atoms with Gasteiger partial charge in [-0.1, -0.05) is 31.3 Å². The molecule has 166 valence electrons. The molecular weight excluding hydrogens is 444 g/mol. The van der Waals surface area contributed by atoms with Crippen LogP contribution in [0.4, 0.5) is 22.6 Å². The second kappa shape index (κ2) is 8.81. The van der Waals surface area contributed by atoms with Gasteiger partial charge in [-0.3, -0.25) is 0 Å². The van der Waals surface area contributed by atoms with Gasteiger partial charge in [-0.2, -0.15) is 4.98 Å². The highest BCUT2D eigenvalue weighted by atomic mass is 32.2. The first-order valence-corrected chi connectivity index (χ1v) is 12.4. The summed E-state index contributed by atoms with van der Waals surface area (Å²) in [5.41, 5.74) is 3.67. The summed E-state index contributed by atoms with van der Waals surface area (Å²) in [6.07, 6.45) is 0.787. The van der Waals surface area contributed by atoms with Gasteiger partial charge in [-0.15, -0.1) is 0 Å². The molecular formula is C22H24N6O2S2. The van der Waals surface area contributed by atoms with E-state index in [1.165, 1.54) is 17.7 Å². The third-order valence-corrected chi connectivity index (χ3v) is 6.48. The number of fused-ring (bicyclic) bond motifs is 1. The normalized spacial score (nSPS) is 11.8. The van der Waals surface area contributed by atoms with Crippen LogP contribution in [-0.2, 0) is 16.4 Å². The number of hydrogen-bond donors (Lipinski definition) is 3. The van der Waals surface area contributed by atoms with E-state index in [1.807, 2.05) is 18.2 Å². The van der Waals surface area contributed by atoms with Gasteiger partial charge in [-0.25, -0.2) is 23.5 Å². The monoisotopic (exact) mass is 468 g/mol. The molecule has 0 aliphatic carbocycles. The Hall–Kier alpha value is -3.08. The van der Waals surface area contributed by atoms with Gasteiger partial charge in [0.2, 0.25) is 16.0 Å². The molecule has 4 rings (SSSR count). The number of benzene rings is 2. The first-order chi connectivity index (χ1) is 15.2. The minimum atomic E-state index is -3.74. The summed E-state index contributed by atoms with van der Waals surface area (Å²) in [4.78, 5) is 13.9. The highest BCUT2D eigenvalue weighted by molar-refractivity contribution is 7.89. The Morgan fingerprint density at radius 2 is 1.75 bits per heavy atom. The number of nitrogens with zero attached hydrogens (tertiary/aromatic N) is 3. The van der Waals surface area contributed by atoms with Crippen molar-refractivity contribution in [2.24, 2.45) is 11.1 Å². The quantitative estimate of drug-likeness (QED) is 0.358. The van der Waals surface area contributed by atoms with Crippen LogP contribution in [0.5, 0.6) is 0 Å². The largest absolute Gasteiger partial charge is 0.324 e. The van der Waals surface area contributed by atoms with E-state index in [4.69, 9.17) is 5.14 Å². The van der Waals surface area contributed by atoms with Crippen molar-refractivity contribution in [3.63, 3.8) is 0 Å². The van der Waals surface area contributed by atoms with E-state index in [1.54, 1.807) is 23.5 Å². The summed E-state index contributed by atoms with van der Waals surface area (Å²) >= 11 is 1.57. The smallest absolute Gasteiger partial charge is 0.238 e. The van der Waals surface area contributed by atoms with Gasteiger partial charge < -0.3 is 10.6 Å². The molecule has 2 aromatic carbocycles. The Bertz CT molecular complexity index is 1370. The molecule has 2 aromatic heterocycles. The average molecular weight is 469 g/mol. The summed E-state index contributed by atoms with van der Waals surface area (Å²) in [6, 6.07) is 14.2. The number of primary sulfonamides is 1. The number of nitrogens with two attached hydrogens (primary N) is 1. The average Bonchev–Trinajstić information content (AvgIpc) is 3.08. The third kappa shape index (κ3) is 5.39. The number of sulfonamides is 1. The Kier molecular flexibility index (Phi) is 6.09. The molecule has 0 bridgehead atoms. The number of anilines is 4. The standard InChI is InChI=1S/C22H24N6O2S2/c1-13(2)10-16-12-20(28-22-26-18-9-4-14(3)11-19(18)31-22)27-21(25-16)24-15-5-7-17(8-6-15)32(23,29)30/h4-9,11-13H,10H2,1-3H3,(H2,23,29,30)(H2,24,25,26,27,28). The molecule has 32 heavy (non-hydrogen) atoms. The minimum Gasteiger partial charge on any atom is -0.324 e. The highest BCUT2D eigenvalue weighted by Crippen LogP contribution is 2.29. The van der Waals surface area contributed by atoms with Crippen LogP contribution < -0.4 is 15.8 Å². The summed E-state index contributed by atoms with van der Waals surface area (Å²) in [5.74, 6) is 1.46. The summed E-state index contributed by atoms with van der Waals surface area (Å²) < 4.78 is 24.1. The van der Waals surface area contributed by atoms with E-state index in [0.29, 0.717) is 23.4 Å². The zero-order valence-electron chi connectivity index (χ0n) is 18.0. The predicted octanol–water partition coefficient (Wildman–Crippen LogP) is 4.73. The Morgan fingerprint density at radius 3 is 2.44 bits per heavy atom. The van der Waals surface area contributed by atoms with Crippen LogP contribution >= 0.6 is 11.3 Å². The van der Waals surface area contributed by atoms with E-state index < -0.39 is 10.0 Å². The maximum atomic E-state index is 11.5. The van der Waals surface area contributed by atoms with E-state index in [0.717, 1.165) is 27.5 Å². The van der Waals surface area contributed by atoms with Crippen LogP contribution in [0, 0.1) is 12.8 Å². The molecule has 0 aliphatic rings. The summed E-state index contributed by atoms with van der Waals surface area (Å²) in [6.45, 7) is 6.32. The number of rotatable bonds is 7. The van der Waals surface area contributed by atoms with Crippen molar-refractivity contribution in [1.82, 2.24) is 15.0 Å². The van der Waals surface area contributed by atoms with Gasteiger partial charge >= 0.3 is 0 Å². The van der Waals surface area contributed by atoms with Crippen molar-refractivity contribution < 1.29 is 8.42 Å². The van der Waals surface area contributed by atoms with Gasteiger partial charge in [0.15, 0.2) is 5.13 Å². The van der Waals surface area contributed by atoms with Crippen LogP contribution in [0.2, 0.25) is 0 Å². The summed E-state index contributed by atoms with van der Waals surface area (Å²) in [7, 11) is -3.74. The zero-order valence-corrected chi connectivity index (χ0v) is 19.6. The maximum absolute atomic E-state index is 11.5. The van der Waals surface area contributed by atoms with Crippen molar-refractivity contribution in [2.75, 3.05) is 10.6 Å². The van der Waals surface area contributed by atoms with Gasteiger partial charge in [0.05, 0.1) is 15.1 Å². The van der Waals surface area contributed by atoms with E-state index >= 15 is 0 Å². The number of aromatic nitrogens is 3. The SMILES string of the molecule is Cc1ccc2nc(Nc3cc(CC(C)C)nc(Nc4ccc(S(N)(=O)=O)cc4)n3)sc2c1. The van der Waals surface area contributed by atoms with E-state index in [2.05, 4.69) is 52.4 Å². The van der Waals surface area contributed by atoms with Crippen LogP contribution in [0.15, 0.2) is 53.4 Å². The Balaban J connectivity index is 1.62. The molecule has 0 aliphatic heterocycles. The first kappa shape index (κ1) is 22.1. The van der Waals surface area contributed by atoms with Crippen LogP contribution in [-0.4, -0.2) is 23.4 Å². The molecule has 0 spiro atoms. The van der Waals surface area contributed by atoms with Crippen molar-refractivity contribution in [1.29, 1.82) is 0 Å². The second-order valence-corrected chi connectivity index (χ2v) is 10.6. The molecule has 10 heteroatoms. The van der Waals surface area contributed by atoms with Crippen molar-refractivity contribution in [2.45, 2.75) is 32.1 Å². The van der Waals surface area contributed by atoms with Crippen molar-refractivity contribution >= 4 is 54.2 Å². The van der Waals surface area contributed by atoms with E-state index in [-0.39, 0.29) is 4.90 Å². The maximum Gasteiger partial charge on any atom is 0.238 e. The van der Waals surface area contributed by atoms with Crippen LogP contribution in [0.3, 0.4) is 0 Å². The third-order valence-electron chi connectivity index (χ3n) is 4.61. The minimum absolute atomic E-state index is 0.0472. The van der Waals surface area contributed by atoms with E-state index in [9.17, 15) is 8.42 Å². The first-order valence-electron chi connectivity index (χ1n) is 10.1. The molecule has 0 saturated carbocycles. The highest BCUT2D eigenvalue weighted by Gasteiger charge is 2.11. The fourth-order valence-corrected chi connectivity index (χ4v) is 4.68. The van der Waals surface area contributed by atoms with Gasteiger partial charge in [0.1, 0.15) is 5.82 Å². The molecule has 0 saturated heterocycles. The van der Waals surface area contributed by atoms with Crippen molar-refractivity contribution in [3.05, 3.63) is 59.8 Å². The second-order valence-electron chi connectivity index (χ2n) is 7.98. The van der Waals surface area contributed by atoms with Gasteiger partial charge in [-0.05, 0) is 61.2 Å². The molecule has 0 amide bonds. The van der Waals surface area contributed by atoms with Crippen LogP contribution in [0.1, 0.15) is 25.1 Å². The lowest BCUT2D eigenvalue weighted by Gasteiger charge is -2.11. The number of thiazole rings is 1. The van der Waals surface area contributed by atoms with Gasteiger partial charge in [0.25, 0.3) is 0 Å². The molecule has 0 atom stereocenters. The molecule has 2 heterocycles. The molecule has 4 aromatic rings. The zero-order chi connectivity index (χ0) is 22.9. The Morgan fingerprint density at radius 1 is 1.00 bits per heavy atom. The summed E-state index contributed by atoms with van der Waals surface area (Å²) in [5, 5.41) is 12.4. The number of aryl methyl sites for hydroxylation is 1. The number of nitrogens with one attached hydrogen (secondary N) is 2. The molecule has 8 nitrogen and oxygen atoms in total. The molecule has 0 fully saturated rings. The fraction of sp³-hybridized carbons (Fsp3) is 0.227. The Labute approximate surface area is 191 Å². The molecule has 4 N–H and O–H groups in total. The lowest BCUT2D eigenvalue weighted by atomic mass is 10.1. The number of hydrogen-bond acceptors (Lipinski definition) is 8.